The summed E-state index contributed by atoms with van der Waals surface area (Å²) in [6, 6.07) is -0.960. The number of carboxylic acids is 1. The van der Waals surface area contributed by atoms with Crippen LogP contribution in [0.25, 0.3) is 0 Å². The zero-order valence-electron chi connectivity index (χ0n) is 10.8. The first-order chi connectivity index (χ1) is 9.14. The fourth-order valence-corrected chi connectivity index (χ4v) is 1.47. The van der Waals surface area contributed by atoms with E-state index in [1.807, 2.05) is 5.32 Å². The van der Waals surface area contributed by atoms with Crippen LogP contribution in [0.5, 0.6) is 0 Å². The van der Waals surface area contributed by atoms with E-state index in [2.05, 4.69) is 5.32 Å². The predicted molar refractivity (Wildman–Crippen MR) is 64.2 cm³/mol. The lowest BCUT2D eigenvalue weighted by atomic mass is 9.99. The van der Waals surface area contributed by atoms with Crippen molar-refractivity contribution in [1.82, 2.24) is 15.5 Å². The van der Waals surface area contributed by atoms with Gasteiger partial charge in [0, 0.05) is 12.2 Å². The first kappa shape index (κ1) is 15.3. The molecule has 1 aliphatic heterocycles. The minimum atomic E-state index is -1.35. The molecule has 0 saturated carbocycles. The highest BCUT2D eigenvalue weighted by Crippen LogP contribution is 2.17. The number of carbonyl (C=O) groups is 5. The fraction of sp³-hybridized carbons (Fsp3) is 0.364. The van der Waals surface area contributed by atoms with Gasteiger partial charge < -0.3 is 10.0 Å². The van der Waals surface area contributed by atoms with Crippen molar-refractivity contribution >= 4 is 29.7 Å². The number of carbonyl (C=O) groups excluding carboxylic acids is 4. The molecule has 1 aliphatic rings. The van der Waals surface area contributed by atoms with Gasteiger partial charge in [-0.1, -0.05) is 0 Å². The van der Waals surface area contributed by atoms with Crippen molar-refractivity contribution in [3.8, 4) is 0 Å². The average Bonchev–Trinajstić information content (AvgIpc) is 2.31. The topological polar surface area (TPSA) is 133 Å². The summed E-state index contributed by atoms with van der Waals surface area (Å²) in [6.07, 6.45) is 1.21. The third-order valence-electron chi connectivity index (χ3n) is 2.64. The smallest absolute Gasteiger partial charge is 0.328 e. The van der Waals surface area contributed by atoms with Crippen LogP contribution in [0.3, 0.4) is 0 Å². The maximum absolute atomic E-state index is 11.8. The van der Waals surface area contributed by atoms with Crippen LogP contribution < -0.4 is 10.6 Å². The molecule has 9 heteroatoms. The van der Waals surface area contributed by atoms with E-state index in [0.29, 0.717) is 12.2 Å². The van der Waals surface area contributed by atoms with Crippen molar-refractivity contribution in [2.45, 2.75) is 19.4 Å². The molecule has 1 fully saturated rings. The average molecular weight is 283 g/mol. The number of amides is 5. The Labute approximate surface area is 113 Å². The largest absolute Gasteiger partial charge is 0.478 e. The second kappa shape index (κ2) is 5.51. The minimum absolute atomic E-state index is 0.388. The lowest BCUT2D eigenvalue weighted by Crippen LogP contribution is -2.67. The van der Waals surface area contributed by atoms with Gasteiger partial charge in [0.05, 0.1) is 0 Å². The number of rotatable bonds is 2. The third-order valence-corrected chi connectivity index (χ3v) is 2.64. The Morgan fingerprint density at radius 1 is 1.30 bits per heavy atom. The van der Waals surface area contributed by atoms with Gasteiger partial charge >= 0.3 is 12.0 Å². The standard InChI is InChI=1S/C11H13N3O6/c1-11(2)9(19)12-7(16)5-14(11)10(20)13-6(15)3-4-8(17)18/h3-4H,5H2,1-2H3,(H,17,18)(H,12,16,19)(H,13,15,20). The van der Waals surface area contributed by atoms with Gasteiger partial charge in [0.15, 0.2) is 0 Å². The SMILES string of the molecule is CC1(C)C(=O)NC(=O)CN1C(=O)NC(=O)C=CC(=O)O. The van der Waals surface area contributed by atoms with Gasteiger partial charge in [0.25, 0.3) is 11.8 Å². The summed E-state index contributed by atoms with van der Waals surface area (Å²) in [7, 11) is 0. The van der Waals surface area contributed by atoms with E-state index in [9.17, 15) is 24.0 Å². The van der Waals surface area contributed by atoms with Gasteiger partial charge in [0.2, 0.25) is 5.91 Å². The van der Waals surface area contributed by atoms with Crippen LogP contribution in [0.1, 0.15) is 13.8 Å². The lowest BCUT2D eigenvalue weighted by molar-refractivity contribution is -0.143. The van der Waals surface area contributed by atoms with Crippen molar-refractivity contribution in [2.24, 2.45) is 0 Å². The van der Waals surface area contributed by atoms with Gasteiger partial charge in [-0.15, -0.1) is 0 Å². The number of carboxylic acid groups (broad SMARTS) is 1. The van der Waals surface area contributed by atoms with Crippen molar-refractivity contribution < 1.29 is 29.1 Å². The molecular weight excluding hydrogens is 270 g/mol. The van der Waals surface area contributed by atoms with Crippen molar-refractivity contribution in [2.75, 3.05) is 6.54 Å². The molecule has 0 atom stereocenters. The second-order valence-electron chi connectivity index (χ2n) is 4.49. The van der Waals surface area contributed by atoms with Gasteiger partial charge in [-0.3, -0.25) is 25.0 Å². The highest BCUT2D eigenvalue weighted by molar-refractivity contribution is 6.09. The van der Waals surface area contributed by atoms with Crippen molar-refractivity contribution in [3.05, 3.63) is 12.2 Å². The fourth-order valence-electron chi connectivity index (χ4n) is 1.47. The van der Waals surface area contributed by atoms with Crippen molar-refractivity contribution in [3.63, 3.8) is 0 Å². The molecule has 9 nitrogen and oxygen atoms in total. The highest BCUT2D eigenvalue weighted by atomic mass is 16.4. The van der Waals surface area contributed by atoms with Crippen LogP contribution in [-0.2, 0) is 19.2 Å². The summed E-state index contributed by atoms with van der Waals surface area (Å²) in [5, 5.41) is 12.3. The zero-order valence-corrected chi connectivity index (χ0v) is 10.8. The predicted octanol–water partition coefficient (Wildman–Crippen LogP) is -1.40. The molecule has 0 unspecified atom stereocenters. The van der Waals surface area contributed by atoms with Crippen LogP contribution in [0.15, 0.2) is 12.2 Å². The molecule has 0 aromatic rings. The first-order valence-electron chi connectivity index (χ1n) is 5.52. The quantitative estimate of drug-likeness (QED) is 0.421. The number of nitrogens with one attached hydrogen (secondary N) is 2. The van der Waals surface area contributed by atoms with E-state index in [-0.39, 0.29) is 6.54 Å². The molecule has 0 aliphatic carbocycles. The Balaban J connectivity index is 2.80. The van der Waals surface area contributed by atoms with E-state index >= 15 is 0 Å². The molecule has 108 valence electrons. The number of urea groups is 1. The molecule has 0 aromatic heterocycles. The van der Waals surface area contributed by atoms with Gasteiger partial charge in [-0.2, -0.15) is 0 Å². The molecule has 3 N–H and O–H groups in total. The summed E-state index contributed by atoms with van der Waals surface area (Å²) in [5.41, 5.74) is -1.31. The summed E-state index contributed by atoms with van der Waals surface area (Å²) in [5.74, 6) is -3.65. The molecular formula is C11H13N3O6. The van der Waals surface area contributed by atoms with E-state index in [0.717, 1.165) is 4.90 Å². The van der Waals surface area contributed by atoms with Crippen LogP contribution in [0.2, 0.25) is 0 Å². The maximum Gasteiger partial charge on any atom is 0.328 e. The van der Waals surface area contributed by atoms with Crippen LogP contribution in [-0.4, -0.2) is 51.8 Å². The summed E-state index contributed by atoms with van der Waals surface area (Å²) in [4.78, 5) is 57.1. The summed E-state index contributed by atoms with van der Waals surface area (Å²) < 4.78 is 0. The van der Waals surface area contributed by atoms with E-state index in [1.54, 1.807) is 0 Å². The Hall–Kier alpha value is -2.71. The van der Waals surface area contributed by atoms with Crippen molar-refractivity contribution in [1.29, 1.82) is 0 Å². The van der Waals surface area contributed by atoms with Gasteiger partial charge in [-0.05, 0) is 13.8 Å². The number of hydrogen-bond acceptors (Lipinski definition) is 5. The molecule has 0 spiro atoms. The Kier molecular flexibility index (Phi) is 4.23. The van der Waals surface area contributed by atoms with E-state index in [4.69, 9.17) is 5.11 Å². The molecule has 0 bridgehead atoms. The van der Waals surface area contributed by atoms with E-state index < -0.39 is 35.3 Å². The summed E-state index contributed by atoms with van der Waals surface area (Å²) >= 11 is 0. The Bertz CT molecular complexity index is 522. The molecule has 20 heavy (non-hydrogen) atoms. The molecule has 1 saturated heterocycles. The number of imide groups is 2. The number of hydrogen-bond donors (Lipinski definition) is 3. The molecule has 0 aromatic carbocycles. The Morgan fingerprint density at radius 2 is 1.90 bits per heavy atom. The molecule has 5 amide bonds. The third kappa shape index (κ3) is 3.40. The van der Waals surface area contributed by atoms with Crippen LogP contribution in [0, 0.1) is 0 Å². The van der Waals surface area contributed by atoms with Gasteiger partial charge in [-0.25, -0.2) is 9.59 Å². The van der Waals surface area contributed by atoms with E-state index in [1.165, 1.54) is 13.8 Å². The number of piperazine rings is 1. The van der Waals surface area contributed by atoms with Crippen LogP contribution >= 0.6 is 0 Å². The number of nitrogens with zero attached hydrogens (tertiary/aromatic N) is 1. The monoisotopic (exact) mass is 283 g/mol. The van der Waals surface area contributed by atoms with Crippen LogP contribution in [0.4, 0.5) is 4.79 Å². The Morgan fingerprint density at radius 3 is 2.45 bits per heavy atom. The first-order valence-corrected chi connectivity index (χ1v) is 5.52. The molecule has 1 rings (SSSR count). The normalized spacial score (nSPS) is 17.8. The summed E-state index contributed by atoms with van der Waals surface area (Å²) in [6.45, 7) is 2.43. The molecule has 1 heterocycles. The highest BCUT2D eigenvalue weighted by Gasteiger charge is 2.43. The molecule has 0 radical (unpaired) electrons. The minimum Gasteiger partial charge on any atom is -0.478 e. The second-order valence-corrected chi connectivity index (χ2v) is 4.49. The number of aliphatic carboxylic acids is 1. The lowest BCUT2D eigenvalue weighted by Gasteiger charge is -2.39. The zero-order chi connectivity index (χ0) is 15.5. The van der Waals surface area contributed by atoms with Gasteiger partial charge in [0.1, 0.15) is 12.1 Å². The maximum atomic E-state index is 11.8.